The van der Waals surface area contributed by atoms with Crippen LogP contribution in [0, 0.1) is 11.6 Å². The number of anilines is 1. The molecule has 2 aromatic rings. The molecule has 0 amide bonds. The van der Waals surface area contributed by atoms with E-state index >= 15 is 0 Å². The van der Waals surface area contributed by atoms with Crippen LogP contribution in [0.25, 0.3) is 0 Å². The van der Waals surface area contributed by atoms with E-state index in [1.165, 1.54) is 12.1 Å². The van der Waals surface area contributed by atoms with Gasteiger partial charge in [-0.3, -0.25) is 0 Å². The van der Waals surface area contributed by atoms with Gasteiger partial charge in [0.15, 0.2) is 0 Å². The van der Waals surface area contributed by atoms with Crippen LogP contribution in [0.2, 0.25) is 5.02 Å². The van der Waals surface area contributed by atoms with Gasteiger partial charge in [-0.25, -0.2) is 8.78 Å². The molecule has 20 heavy (non-hydrogen) atoms. The molecular formula is C15H12ClF2NO. The molecule has 1 aliphatic heterocycles. The van der Waals surface area contributed by atoms with E-state index in [-0.39, 0.29) is 6.10 Å². The topological polar surface area (TPSA) is 21.3 Å². The molecule has 1 atom stereocenters. The van der Waals surface area contributed by atoms with Gasteiger partial charge in [-0.05, 0) is 35.9 Å². The summed E-state index contributed by atoms with van der Waals surface area (Å²) in [6.45, 7) is 0.467. The third-order valence-electron chi connectivity index (χ3n) is 3.16. The zero-order chi connectivity index (χ0) is 14.1. The lowest BCUT2D eigenvalue weighted by molar-refractivity contribution is 0.246. The highest BCUT2D eigenvalue weighted by atomic mass is 35.5. The highest BCUT2D eigenvalue weighted by Crippen LogP contribution is 2.31. The second-order valence-electron chi connectivity index (χ2n) is 4.74. The Bertz CT molecular complexity index is 628. The third-order valence-corrected chi connectivity index (χ3v) is 3.40. The lowest BCUT2D eigenvalue weighted by atomic mass is 10.1. The average molecular weight is 296 g/mol. The Morgan fingerprint density at radius 2 is 1.90 bits per heavy atom. The minimum Gasteiger partial charge on any atom is -0.488 e. The molecule has 5 heteroatoms. The summed E-state index contributed by atoms with van der Waals surface area (Å²) in [7, 11) is 0. The van der Waals surface area contributed by atoms with Crippen molar-refractivity contribution in [2.75, 3.05) is 11.9 Å². The molecule has 1 heterocycles. The molecule has 0 spiro atoms. The summed E-state index contributed by atoms with van der Waals surface area (Å²) in [5, 5.41) is 3.65. The highest BCUT2D eigenvalue weighted by molar-refractivity contribution is 6.30. The molecule has 104 valence electrons. The van der Waals surface area contributed by atoms with Crippen molar-refractivity contribution in [1.82, 2.24) is 0 Å². The van der Waals surface area contributed by atoms with Gasteiger partial charge < -0.3 is 10.1 Å². The Kier molecular flexibility index (Phi) is 3.49. The molecule has 0 aromatic heterocycles. The summed E-state index contributed by atoms with van der Waals surface area (Å²) in [4.78, 5) is 0. The molecule has 0 bridgehead atoms. The summed E-state index contributed by atoms with van der Waals surface area (Å²) in [5.41, 5.74) is 1.45. The number of hydrogen-bond acceptors (Lipinski definition) is 2. The van der Waals surface area contributed by atoms with Gasteiger partial charge in [-0.15, -0.1) is 0 Å². The van der Waals surface area contributed by atoms with Crippen LogP contribution in [0.5, 0.6) is 5.75 Å². The van der Waals surface area contributed by atoms with E-state index in [0.29, 0.717) is 17.3 Å². The van der Waals surface area contributed by atoms with E-state index in [0.717, 1.165) is 23.8 Å². The summed E-state index contributed by atoms with van der Waals surface area (Å²) in [6, 6.07) is 8.83. The molecule has 0 saturated heterocycles. The Morgan fingerprint density at radius 1 is 1.15 bits per heavy atom. The van der Waals surface area contributed by atoms with Gasteiger partial charge in [-0.1, -0.05) is 11.6 Å². The molecule has 0 fully saturated rings. The molecule has 0 aliphatic carbocycles. The van der Waals surface area contributed by atoms with Crippen LogP contribution in [-0.4, -0.2) is 12.6 Å². The van der Waals surface area contributed by atoms with E-state index in [9.17, 15) is 8.78 Å². The zero-order valence-electron chi connectivity index (χ0n) is 10.5. The predicted molar refractivity (Wildman–Crippen MR) is 74.4 cm³/mol. The number of rotatable bonds is 3. The van der Waals surface area contributed by atoms with Crippen molar-refractivity contribution in [3.63, 3.8) is 0 Å². The van der Waals surface area contributed by atoms with Crippen LogP contribution < -0.4 is 10.1 Å². The first-order valence-corrected chi connectivity index (χ1v) is 6.63. The van der Waals surface area contributed by atoms with E-state index in [2.05, 4.69) is 5.32 Å². The van der Waals surface area contributed by atoms with Crippen LogP contribution in [0.15, 0.2) is 36.4 Å². The minimum absolute atomic E-state index is 0.0743. The number of halogens is 3. The Labute approximate surface area is 120 Å². The second kappa shape index (κ2) is 5.29. The summed E-state index contributed by atoms with van der Waals surface area (Å²) >= 11 is 5.92. The standard InChI is InChI=1S/C15H12ClF2NO/c16-10-1-2-15-9(3-10)4-14(20-15)8-19-13-6-11(17)5-12(18)7-13/h1-3,5-7,14,19H,4,8H2. The fourth-order valence-corrected chi connectivity index (χ4v) is 2.49. The molecule has 1 unspecified atom stereocenters. The Balaban J connectivity index is 1.63. The molecular weight excluding hydrogens is 284 g/mol. The van der Waals surface area contributed by atoms with Crippen LogP contribution in [0.3, 0.4) is 0 Å². The molecule has 1 N–H and O–H groups in total. The van der Waals surface area contributed by atoms with Gasteiger partial charge in [0.1, 0.15) is 23.5 Å². The first kappa shape index (κ1) is 13.2. The fraction of sp³-hybridized carbons (Fsp3) is 0.200. The van der Waals surface area contributed by atoms with Crippen molar-refractivity contribution < 1.29 is 13.5 Å². The zero-order valence-corrected chi connectivity index (χ0v) is 11.3. The number of nitrogens with one attached hydrogen (secondary N) is 1. The van der Waals surface area contributed by atoms with Crippen molar-refractivity contribution in [2.45, 2.75) is 12.5 Å². The molecule has 0 saturated carbocycles. The van der Waals surface area contributed by atoms with Gasteiger partial charge in [-0.2, -0.15) is 0 Å². The van der Waals surface area contributed by atoms with Crippen LogP contribution >= 0.6 is 11.6 Å². The van der Waals surface area contributed by atoms with Gasteiger partial charge in [0.25, 0.3) is 0 Å². The monoisotopic (exact) mass is 295 g/mol. The van der Waals surface area contributed by atoms with E-state index in [4.69, 9.17) is 16.3 Å². The highest BCUT2D eigenvalue weighted by Gasteiger charge is 2.22. The summed E-state index contributed by atoms with van der Waals surface area (Å²) in [6.07, 6.45) is 0.649. The van der Waals surface area contributed by atoms with Gasteiger partial charge in [0, 0.05) is 23.2 Å². The average Bonchev–Trinajstić information content (AvgIpc) is 2.77. The maximum absolute atomic E-state index is 13.1. The maximum Gasteiger partial charge on any atom is 0.128 e. The van der Waals surface area contributed by atoms with Gasteiger partial charge >= 0.3 is 0 Å². The summed E-state index contributed by atoms with van der Waals surface area (Å²) in [5.74, 6) is -0.392. The van der Waals surface area contributed by atoms with Crippen molar-refractivity contribution >= 4 is 17.3 Å². The number of fused-ring (bicyclic) bond motifs is 1. The first-order valence-electron chi connectivity index (χ1n) is 6.25. The van der Waals surface area contributed by atoms with Crippen molar-refractivity contribution in [1.29, 1.82) is 0 Å². The quantitative estimate of drug-likeness (QED) is 0.923. The molecule has 1 aliphatic rings. The maximum atomic E-state index is 13.1. The van der Waals surface area contributed by atoms with Crippen LogP contribution in [-0.2, 0) is 6.42 Å². The van der Waals surface area contributed by atoms with Crippen molar-refractivity contribution in [3.8, 4) is 5.75 Å². The van der Waals surface area contributed by atoms with E-state index in [1.54, 1.807) is 6.07 Å². The number of hydrogen-bond donors (Lipinski definition) is 1. The minimum atomic E-state index is -0.602. The van der Waals surface area contributed by atoms with Crippen LogP contribution in [0.1, 0.15) is 5.56 Å². The van der Waals surface area contributed by atoms with Gasteiger partial charge in [0.05, 0.1) is 6.54 Å². The molecule has 2 aromatic carbocycles. The van der Waals surface area contributed by atoms with Crippen LogP contribution in [0.4, 0.5) is 14.5 Å². The fourth-order valence-electron chi connectivity index (χ4n) is 2.29. The molecule has 3 rings (SSSR count). The SMILES string of the molecule is Fc1cc(F)cc(NCC2Cc3cc(Cl)ccc3O2)c1. The summed E-state index contributed by atoms with van der Waals surface area (Å²) < 4.78 is 31.9. The van der Waals surface area contributed by atoms with E-state index < -0.39 is 11.6 Å². The number of benzene rings is 2. The van der Waals surface area contributed by atoms with Gasteiger partial charge in [0.2, 0.25) is 0 Å². The molecule has 0 radical (unpaired) electrons. The van der Waals surface area contributed by atoms with Crippen molar-refractivity contribution in [2.24, 2.45) is 0 Å². The lowest BCUT2D eigenvalue weighted by Gasteiger charge is -2.13. The normalized spacial score (nSPS) is 16.6. The largest absolute Gasteiger partial charge is 0.488 e. The predicted octanol–water partition coefficient (Wildman–Crippen LogP) is 4.03. The second-order valence-corrected chi connectivity index (χ2v) is 5.17. The smallest absolute Gasteiger partial charge is 0.128 e. The molecule has 2 nitrogen and oxygen atoms in total. The number of ether oxygens (including phenoxy) is 1. The third kappa shape index (κ3) is 2.85. The lowest BCUT2D eigenvalue weighted by Crippen LogP contribution is -2.24. The Hall–Kier alpha value is -1.81. The van der Waals surface area contributed by atoms with Crippen molar-refractivity contribution in [3.05, 3.63) is 58.6 Å². The Morgan fingerprint density at radius 3 is 2.65 bits per heavy atom. The first-order chi connectivity index (χ1) is 9.60. The van der Waals surface area contributed by atoms with E-state index in [1.807, 2.05) is 12.1 Å².